The zero-order valence-corrected chi connectivity index (χ0v) is 10.9. The van der Waals surface area contributed by atoms with Crippen molar-refractivity contribution in [1.82, 2.24) is 0 Å². The van der Waals surface area contributed by atoms with Gasteiger partial charge >= 0.3 is 5.97 Å². The number of halogens is 2. The summed E-state index contributed by atoms with van der Waals surface area (Å²) in [5.74, 6) is -1.85. The molecule has 0 heterocycles. The van der Waals surface area contributed by atoms with E-state index in [2.05, 4.69) is 15.9 Å². The highest BCUT2D eigenvalue weighted by atomic mass is 79.9. The van der Waals surface area contributed by atoms with E-state index in [0.717, 1.165) is 17.8 Å². The minimum Gasteiger partial charge on any atom is -0.480 e. The van der Waals surface area contributed by atoms with E-state index < -0.39 is 27.6 Å². The third-order valence-electron chi connectivity index (χ3n) is 1.85. The van der Waals surface area contributed by atoms with Gasteiger partial charge in [0, 0.05) is 0 Å². The van der Waals surface area contributed by atoms with Crippen LogP contribution in [0.2, 0.25) is 0 Å². The van der Waals surface area contributed by atoms with Gasteiger partial charge in [0.25, 0.3) is 5.69 Å². The SMILES string of the molecule is CC(Sc1cc(Br)c(F)cc1[N+](=O)[O-])C(=O)O. The quantitative estimate of drug-likeness (QED) is 0.523. The Morgan fingerprint density at radius 3 is 2.71 bits per heavy atom. The van der Waals surface area contributed by atoms with E-state index in [1.165, 1.54) is 13.0 Å². The standard InChI is InChI=1S/C9H7BrFNO4S/c1-4(9(13)14)17-8-2-5(10)6(11)3-7(8)12(15)16/h2-4H,1H3,(H,13,14). The molecule has 1 atom stereocenters. The lowest BCUT2D eigenvalue weighted by atomic mass is 10.3. The molecule has 8 heteroatoms. The van der Waals surface area contributed by atoms with Gasteiger partial charge in [-0.2, -0.15) is 0 Å². The van der Waals surface area contributed by atoms with Gasteiger partial charge in [0.15, 0.2) is 0 Å². The summed E-state index contributed by atoms with van der Waals surface area (Å²) in [5.41, 5.74) is -0.441. The number of carbonyl (C=O) groups is 1. The number of hydrogen-bond donors (Lipinski definition) is 1. The second-order valence-corrected chi connectivity index (χ2v) is 5.33. The van der Waals surface area contributed by atoms with Gasteiger partial charge in [0.05, 0.1) is 20.4 Å². The first-order valence-corrected chi connectivity index (χ1v) is 6.03. The molecule has 0 aliphatic carbocycles. The van der Waals surface area contributed by atoms with Crippen molar-refractivity contribution >= 4 is 39.3 Å². The number of nitro benzene ring substituents is 1. The van der Waals surface area contributed by atoms with Gasteiger partial charge in [-0.05, 0) is 28.9 Å². The lowest BCUT2D eigenvalue weighted by molar-refractivity contribution is -0.387. The van der Waals surface area contributed by atoms with Gasteiger partial charge in [-0.1, -0.05) is 0 Å². The normalized spacial score (nSPS) is 12.2. The third-order valence-corrected chi connectivity index (χ3v) is 3.59. The molecule has 1 unspecified atom stereocenters. The molecule has 5 nitrogen and oxygen atoms in total. The van der Waals surface area contributed by atoms with Gasteiger partial charge < -0.3 is 5.11 Å². The maximum atomic E-state index is 13.1. The number of hydrogen-bond acceptors (Lipinski definition) is 4. The van der Waals surface area contributed by atoms with Crippen molar-refractivity contribution in [3.8, 4) is 0 Å². The summed E-state index contributed by atoms with van der Waals surface area (Å²) in [4.78, 5) is 20.7. The third kappa shape index (κ3) is 3.40. The number of thioether (sulfide) groups is 1. The van der Waals surface area contributed by atoms with Crippen molar-refractivity contribution in [2.24, 2.45) is 0 Å². The molecule has 0 bridgehead atoms. The Morgan fingerprint density at radius 1 is 1.65 bits per heavy atom. The fourth-order valence-electron chi connectivity index (χ4n) is 0.996. The van der Waals surface area contributed by atoms with E-state index in [1.807, 2.05) is 0 Å². The Morgan fingerprint density at radius 2 is 2.24 bits per heavy atom. The Bertz CT molecular complexity index is 482. The van der Waals surface area contributed by atoms with Crippen LogP contribution in [0.4, 0.5) is 10.1 Å². The Kier molecular flexibility index (Phi) is 4.47. The van der Waals surface area contributed by atoms with Crippen LogP contribution in [0.3, 0.4) is 0 Å². The van der Waals surface area contributed by atoms with Gasteiger partial charge in [0.2, 0.25) is 0 Å². The summed E-state index contributed by atoms with van der Waals surface area (Å²) in [7, 11) is 0. The average Bonchev–Trinajstić information content (AvgIpc) is 2.22. The summed E-state index contributed by atoms with van der Waals surface area (Å²) in [6, 6.07) is 1.97. The molecule has 1 N–H and O–H groups in total. The van der Waals surface area contributed by atoms with Crippen molar-refractivity contribution in [3.05, 3.63) is 32.5 Å². The van der Waals surface area contributed by atoms with E-state index in [-0.39, 0.29) is 9.37 Å². The monoisotopic (exact) mass is 323 g/mol. The summed E-state index contributed by atoms with van der Waals surface area (Å²) >= 11 is 3.69. The molecule has 0 fully saturated rings. The molecule has 0 aromatic heterocycles. The van der Waals surface area contributed by atoms with E-state index in [0.29, 0.717) is 0 Å². The van der Waals surface area contributed by atoms with Crippen LogP contribution in [-0.4, -0.2) is 21.2 Å². The minimum absolute atomic E-state index is 0.0585. The van der Waals surface area contributed by atoms with E-state index in [9.17, 15) is 19.3 Å². The van der Waals surface area contributed by atoms with Crippen LogP contribution < -0.4 is 0 Å². The lowest BCUT2D eigenvalue weighted by Gasteiger charge is -2.07. The highest BCUT2D eigenvalue weighted by Gasteiger charge is 2.22. The smallest absolute Gasteiger partial charge is 0.316 e. The summed E-state index contributed by atoms with van der Waals surface area (Å²) < 4.78 is 13.2. The predicted molar refractivity (Wildman–Crippen MR) is 63.7 cm³/mol. The molecule has 92 valence electrons. The van der Waals surface area contributed by atoms with Gasteiger partial charge in [-0.15, -0.1) is 11.8 Å². The predicted octanol–water partition coefficient (Wildman–Crippen LogP) is 3.06. The summed E-state index contributed by atoms with van der Waals surface area (Å²) in [5, 5.41) is 18.6. The fourth-order valence-corrected chi connectivity index (χ4v) is 2.41. The molecule has 0 amide bonds. The van der Waals surface area contributed by atoms with Gasteiger partial charge in [0.1, 0.15) is 11.1 Å². The molecular weight excluding hydrogens is 317 g/mol. The largest absolute Gasteiger partial charge is 0.480 e. The number of benzene rings is 1. The van der Waals surface area contributed by atoms with Crippen LogP contribution >= 0.6 is 27.7 Å². The number of nitrogens with zero attached hydrogens (tertiary/aromatic N) is 1. The molecule has 0 saturated carbocycles. The zero-order valence-electron chi connectivity index (χ0n) is 8.52. The first kappa shape index (κ1) is 13.9. The molecule has 0 aliphatic rings. The molecule has 1 rings (SSSR count). The van der Waals surface area contributed by atoms with Gasteiger partial charge in [-0.3, -0.25) is 14.9 Å². The van der Waals surface area contributed by atoms with Crippen LogP contribution in [0.15, 0.2) is 21.5 Å². The minimum atomic E-state index is -1.09. The van der Waals surface area contributed by atoms with Crippen molar-refractivity contribution < 1.29 is 19.2 Å². The molecule has 0 radical (unpaired) electrons. The molecule has 0 aliphatic heterocycles. The van der Waals surface area contributed by atoms with Crippen molar-refractivity contribution in [2.75, 3.05) is 0 Å². The zero-order chi connectivity index (χ0) is 13.2. The Labute approximate surface area is 108 Å². The van der Waals surface area contributed by atoms with Crippen molar-refractivity contribution in [1.29, 1.82) is 0 Å². The van der Waals surface area contributed by atoms with Crippen LogP contribution in [0.25, 0.3) is 0 Å². The lowest BCUT2D eigenvalue weighted by Crippen LogP contribution is -2.11. The van der Waals surface area contributed by atoms with Crippen molar-refractivity contribution in [3.63, 3.8) is 0 Å². The highest BCUT2D eigenvalue weighted by molar-refractivity contribution is 9.10. The van der Waals surface area contributed by atoms with E-state index in [1.54, 1.807) is 0 Å². The number of carboxylic acids is 1. The first-order chi connectivity index (χ1) is 7.82. The van der Waals surface area contributed by atoms with E-state index in [4.69, 9.17) is 5.11 Å². The molecular formula is C9H7BrFNO4S. The second kappa shape index (κ2) is 5.46. The van der Waals surface area contributed by atoms with Crippen LogP contribution in [0.1, 0.15) is 6.92 Å². The van der Waals surface area contributed by atoms with Crippen LogP contribution in [0.5, 0.6) is 0 Å². The molecule has 1 aromatic rings. The number of carboxylic acid groups (broad SMARTS) is 1. The Balaban J connectivity index is 3.17. The number of nitro groups is 1. The first-order valence-electron chi connectivity index (χ1n) is 4.36. The number of aliphatic carboxylic acids is 1. The maximum Gasteiger partial charge on any atom is 0.316 e. The Hall–Kier alpha value is -1.15. The molecule has 0 saturated heterocycles. The summed E-state index contributed by atoms with van der Waals surface area (Å²) in [6.45, 7) is 1.40. The fraction of sp³-hybridized carbons (Fsp3) is 0.222. The highest BCUT2D eigenvalue weighted by Crippen LogP contribution is 2.35. The van der Waals surface area contributed by atoms with Gasteiger partial charge in [-0.25, -0.2) is 4.39 Å². The number of rotatable bonds is 4. The second-order valence-electron chi connectivity index (χ2n) is 3.09. The maximum absolute atomic E-state index is 13.1. The summed E-state index contributed by atoms with van der Waals surface area (Å²) in [6.07, 6.45) is 0. The van der Waals surface area contributed by atoms with Crippen LogP contribution in [-0.2, 0) is 4.79 Å². The van der Waals surface area contributed by atoms with Crippen LogP contribution in [0, 0.1) is 15.9 Å². The molecule has 1 aromatic carbocycles. The molecule has 0 spiro atoms. The van der Waals surface area contributed by atoms with E-state index >= 15 is 0 Å². The van der Waals surface area contributed by atoms with Crippen molar-refractivity contribution in [2.45, 2.75) is 17.1 Å². The molecule has 17 heavy (non-hydrogen) atoms. The topological polar surface area (TPSA) is 80.4 Å². The average molecular weight is 324 g/mol.